The summed E-state index contributed by atoms with van der Waals surface area (Å²) in [6, 6.07) is 24.7. The van der Waals surface area contributed by atoms with Crippen molar-refractivity contribution in [2.75, 3.05) is 16.9 Å². The van der Waals surface area contributed by atoms with Crippen molar-refractivity contribution in [3.05, 3.63) is 149 Å². The fourth-order valence-corrected chi connectivity index (χ4v) is 10.5. The average Bonchev–Trinajstić information content (AvgIpc) is 3.35. The van der Waals surface area contributed by atoms with Crippen LogP contribution in [0.5, 0.6) is 0 Å². The Hall–Kier alpha value is -5.14. The molecule has 0 spiro atoms. The average molecular weight is 1190 g/mol. The molecule has 8 aromatic carbocycles. The van der Waals surface area contributed by atoms with Crippen LogP contribution in [0.25, 0.3) is 38.4 Å². The molecule has 26 nitrogen and oxygen atoms in total. The second-order valence-corrected chi connectivity index (χ2v) is 21.5. The quantitative estimate of drug-likeness (QED) is 0.0255. The van der Waals surface area contributed by atoms with E-state index in [0.717, 1.165) is 78.9 Å². The van der Waals surface area contributed by atoms with E-state index >= 15 is 0 Å². The van der Waals surface area contributed by atoms with Crippen molar-refractivity contribution in [1.82, 2.24) is 0 Å². The van der Waals surface area contributed by atoms with Gasteiger partial charge < -0.3 is 29.7 Å². The van der Waals surface area contributed by atoms with Crippen molar-refractivity contribution >= 4 is 147 Å². The van der Waals surface area contributed by atoms with Crippen molar-refractivity contribution in [2.24, 2.45) is 35.8 Å². The summed E-state index contributed by atoms with van der Waals surface area (Å²) in [7, 11) is -20.6. The summed E-state index contributed by atoms with van der Waals surface area (Å²) in [5.41, 5.74) is 11.8. The van der Waals surface area contributed by atoms with Crippen LogP contribution in [0.3, 0.4) is 0 Å². The summed E-state index contributed by atoms with van der Waals surface area (Å²) >= 11 is 0. The van der Waals surface area contributed by atoms with Gasteiger partial charge in [-0.05, 0) is 78.9 Å². The predicted octanol–water partition coefficient (Wildman–Crippen LogP) is -3.22. The summed E-state index contributed by atoms with van der Waals surface area (Å²) in [6.45, 7) is 0. The number of anilines is 3. The van der Waals surface area contributed by atoms with Gasteiger partial charge in [0.25, 0.3) is 5.69 Å². The number of nitrogens with two attached hydrogens (primary N) is 2. The van der Waals surface area contributed by atoms with Gasteiger partial charge in [0, 0.05) is 43.9 Å². The van der Waals surface area contributed by atoms with E-state index in [-0.39, 0.29) is 197 Å². The first-order valence-corrected chi connectivity index (χ1v) is 26.7. The van der Waals surface area contributed by atoms with Crippen molar-refractivity contribution in [3.63, 3.8) is 0 Å². The molecule has 0 aliphatic heterocycles. The largest absolute Gasteiger partial charge is 1.00 e. The second kappa shape index (κ2) is 25.6. The first kappa shape index (κ1) is 65.7. The minimum atomic E-state index is -5.21. The number of ketones is 1. The Bertz CT molecular complexity index is 4550. The molecular weight excluding hydrogens is 1170 g/mol. The van der Waals surface area contributed by atoms with E-state index < -0.39 is 87.7 Å². The van der Waals surface area contributed by atoms with Crippen LogP contribution in [0.4, 0.5) is 56.9 Å². The first-order valence-electron chi connectivity index (χ1n) is 21.1. The van der Waals surface area contributed by atoms with Crippen LogP contribution in [0.1, 0.15) is 15.9 Å². The van der Waals surface area contributed by atoms with E-state index in [4.69, 9.17) is 11.5 Å². The van der Waals surface area contributed by atoms with Crippen molar-refractivity contribution in [1.29, 1.82) is 0 Å². The minimum Gasteiger partial charge on any atom is -0.744 e. The normalized spacial score (nSPS) is 13.3. The van der Waals surface area contributed by atoms with Crippen LogP contribution in [0.2, 0.25) is 0 Å². The molecule has 0 unspecified atom stereocenters. The molecule has 8 aromatic rings. The Morgan fingerprint density at radius 2 is 1.00 bits per heavy atom. The SMILES string of the molecule is Nc1cc(N)c([N+](=O)[O-])cc1N=Nc1ccc(S(=O)(=O)[O-])c2c1C(=O)/C(=N/Nc1ccc(N=Nc3ccc(N=Nc4cc(S(=O)(=O)[O-])c5cccc(S(=O)(=O)[O-])c5c4)c4ccccc34)c3ccc(S(=O)(=O)[O-])cc13)C=C2.[Na+].[Na+].[Na+].[Na+]. The van der Waals surface area contributed by atoms with Crippen LogP contribution < -0.4 is 135 Å². The summed E-state index contributed by atoms with van der Waals surface area (Å²) < 4.78 is 146. The fourth-order valence-electron chi connectivity index (χ4n) is 7.94. The Labute approximate surface area is 541 Å². The molecule has 34 heteroatoms. The number of hydrogen-bond donors (Lipinski definition) is 3. The Morgan fingerprint density at radius 3 is 1.59 bits per heavy atom. The zero-order valence-corrected chi connectivity index (χ0v) is 53.0. The van der Waals surface area contributed by atoms with E-state index in [1.54, 1.807) is 24.3 Å². The number of Topliss-reactive ketones (excluding diaryl/α,β-unsaturated/α-hetero) is 1. The zero-order valence-electron chi connectivity index (χ0n) is 41.7. The molecule has 384 valence electrons. The molecule has 0 heterocycles. The van der Waals surface area contributed by atoms with Crippen molar-refractivity contribution in [3.8, 4) is 0 Å². The van der Waals surface area contributed by atoms with Gasteiger partial charge in [0.15, 0.2) is 0 Å². The number of allylic oxidation sites excluding steroid dienone is 1. The van der Waals surface area contributed by atoms with Gasteiger partial charge in [0.05, 0.1) is 69.9 Å². The molecular formula is C46H27N11Na4O15S4. The van der Waals surface area contributed by atoms with E-state index in [1.807, 2.05) is 0 Å². The number of nitro groups is 1. The van der Waals surface area contributed by atoms with Crippen LogP contribution >= 0.6 is 0 Å². The molecule has 0 saturated carbocycles. The molecule has 0 atom stereocenters. The van der Waals surface area contributed by atoms with Gasteiger partial charge in [-0.3, -0.25) is 20.3 Å². The summed E-state index contributed by atoms with van der Waals surface area (Å²) in [4.78, 5) is 21.7. The molecule has 0 aromatic heterocycles. The van der Waals surface area contributed by atoms with Crippen molar-refractivity contribution in [2.45, 2.75) is 19.6 Å². The van der Waals surface area contributed by atoms with Gasteiger partial charge in [0.1, 0.15) is 57.6 Å². The number of nitro benzene ring substituents is 1. The number of azo groups is 3. The maximum absolute atomic E-state index is 14.1. The second-order valence-electron chi connectivity index (χ2n) is 16.1. The Balaban J connectivity index is 0.00000294. The third-order valence-corrected chi connectivity index (χ3v) is 14.9. The van der Waals surface area contributed by atoms with Gasteiger partial charge in [-0.25, -0.2) is 33.7 Å². The predicted molar refractivity (Wildman–Crippen MR) is 269 cm³/mol. The first-order chi connectivity index (χ1) is 35.8. The van der Waals surface area contributed by atoms with Crippen LogP contribution in [-0.2, 0) is 40.5 Å². The number of fused-ring (bicyclic) bond motifs is 4. The third-order valence-electron chi connectivity index (χ3n) is 11.4. The number of carbonyl (C=O) groups excluding carboxylic acids is 1. The molecule has 0 saturated heterocycles. The minimum absolute atomic E-state index is 0. The standard InChI is InChI=1S/C46H31N11O15S4.4Na/c47-32-21-33(48)41(57(59)60)22-40(32)56-54-38-16-17-43(75(67,68)69)29-10-11-39(46(58)45(29)38)55-53-37-15-14-36(27-9-8-24(20-30(27)37)73(61,62)63)52-51-35-13-12-34(25-4-1-2-5-26(25)35)50-49-23-18-31-28(44(19-23)76(70,71)72)6-3-7-42(31)74(64,65)66;;;;/h1-22,53H,47-48H2,(H,61,62,63)(H,64,65,66)(H,67,68,69)(H,70,71,72);;;;/q;4*+1/p-4/b50-49?,52-51?,55-39+,56-54?;;;;. The topological polar surface area (TPSA) is 440 Å². The molecule has 0 bridgehead atoms. The fraction of sp³-hybridized carbons (Fsp3) is 0. The zero-order chi connectivity index (χ0) is 54.6. The number of hydrazone groups is 1. The summed E-state index contributed by atoms with van der Waals surface area (Å²) in [5.74, 6) is -0.998. The summed E-state index contributed by atoms with van der Waals surface area (Å²) in [5, 5.41) is 41.1. The van der Waals surface area contributed by atoms with Crippen LogP contribution in [-0.4, -0.2) is 68.3 Å². The Kier molecular flexibility index (Phi) is 21.0. The monoisotopic (exact) mass is 1190 g/mol. The number of rotatable bonds is 13. The number of hydrogen-bond acceptors (Lipinski definition) is 25. The Morgan fingerprint density at radius 1 is 0.463 bits per heavy atom. The van der Waals surface area contributed by atoms with E-state index in [1.165, 1.54) is 30.3 Å². The van der Waals surface area contributed by atoms with E-state index in [9.17, 15) is 66.8 Å². The van der Waals surface area contributed by atoms with Gasteiger partial charge in [-0.15, -0.1) is 25.6 Å². The van der Waals surface area contributed by atoms with Gasteiger partial charge in [-0.2, -0.15) is 10.2 Å². The van der Waals surface area contributed by atoms with Crippen LogP contribution in [0, 0.1) is 10.1 Å². The van der Waals surface area contributed by atoms with Gasteiger partial charge >= 0.3 is 118 Å². The third kappa shape index (κ3) is 13.8. The molecule has 9 rings (SSSR count). The van der Waals surface area contributed by atoms with Gasteiger partial charge in [0.2, 0.25) is 5.78 Å². The number of benzene rings is 8. The maximum Gasteiger partial charge on any atom is 1.00 e. The van der Waals surface area contributed by atoms with Crippen LogP contribution in [0.15, 0.2) is 183 Å². The van der Waals surface area contributed by atoms with E-state index in [0.29, 0.717) is 10.8 Å². The molecule has 1 aliphatic rings. The molecule has 0 amide bonds. The molecule has 0 radical (unpaired) electrons. The number of nitrogens with one attached hydrogen (secondary N) is 1. The summed E-state index contributed by atoms with van der Waals surface area (Å²) in [6.07, 6.45) is 2.17. The molecule has 5 N–H and O–H groups in total. The van der Waals surface area contributed by atoms with Crippen molar-refractivity contribution < 1.29 is 180 Å². The number of nitrogens with zero attached hydrogens (tertiary/aromatic N) is 8. The number of carbonyl (C=O) groups is 1. The number of nitrogen functional groups attached to an aromatic ring is 2. The molecule has 1 aliphatic carbocycles. The molecule has 0 fully saturated rings. The van der Waals surface area contributed by atoms with Gasteiger partial charge in [-0.1, -0.05) is 48.5 Å². The molecule has 80 heavy (non-hydrogen) atoms. The van der Waals surface area contributed by atoms with E-state index in [2.05, 4.69) is 41.2 Å². The smallest absolute Gasteiger partial charge is 0.744 e. The maximum atomic E-state index is 14.1.